The van der Waals surface area contributed by atoms with Crippen molar-refractivity contribution in [1.29, 1.82) is 0 Å². The number of rotatable bonds is 10. The summed E-state index contributed by atoms with van der Waals surface area (Å²) in [6, 6.07) is 9.23. The van der Waals surface area contributed by atoms with Crippen molar-refractivity contribution in [2.75, 3.05) is 18.5 Å². The smallest absolute Gasteiger partial charge is 0.262 e. The van der Waals surface area contributed by atoms with Crippen LogP contribution in [0.5, 0.6) is 5.75 Å². The molecule has 2 rings (SSSR count). The average molecular weight is 476 g/mol. The number of primary sulfonamides is 1. The largest absolute Gasteiger partial charge is 0.482 e. The number of ether oxygens (including phenoxy) is 1. The van der Waals surface area contributed by atoms with Gasteiger partial charge in [0.05, 0.1) is 14.8 Å². The number of carbonyl (C=O) groups excluding carboxylic acids is 1. The Kier molecular flexibility index (Phi) is 8.21. The molecule has 30 heavy (non-hydrogen) atoms. The van der Waals surface area contributed by atoms with Gasteiger partial charge < -0.3 is 10.1 Å². The summed E-state index contributed by atoms with van der Waals surface area (Å²) in [4.78, 5) is 11.9. The number of hydrogen-bond donors (Lipinski definition) is 3. The number of halogens is 1. The van der Waals surface area contributed by atoms with Crippen LogP contribution in [0.4, 0.5) is 5.69 Å². The molecule has 0 spiro atoms. The zero-order chi connectivity index (χ0) is 22.4. The Balaban J connectivity index is 1.96. The van der Waals surface area contributed by atoms with Gasteiger partial charge >= 0.3 is 0 Å². The van der Waals surface area contributed by atoms with Crippen molar-refractivity contribution in [2.45, 2.75) is 29.6 Å². The fraction of sp³-hybridized carbons (Fsp3) is 0.278. The molecule has 0 aliphatic rings. The molecule has 0 aliphatic heterocycles. The maximum atomic E-state index is 12.2. The zero-order valence-electron chi connectivity index (χ0n) is 16.1. The molecule has 1 amide bonds. The maximum Gasteiger partial charge on any atom is 0.262 e. The lowest BCUT2D eigenvalue weighted by Gasteiger charge is -2.11. The van der Waals surface area contributed by atoms with Crippen molar-refractivity contribution in [3.05, 3.63) is 47.5 Å². The number of unbranched alkanes of at least 4 members (excludes halogenated alkanes) is 1. The highest BCUT2D eigenvalue weighted by molar-refractivity contribution is 7.89. The van der Waals surface area contributed by atoms with E-state index in [0.29, 0.717) is 18.7 Å². The number of nitrogens with two attached hydrogens (primary N) is 1. The predicted octanol–water partition coefficient (Wildman–Crippen LogP) is 2.08. The van der Waals surface area contributed by atoms with Crippen LogP contribution in [-0.4, -0.2) is 35.9 Å². The molecule has 0 unspecified atom stereocenters. The average Bonchev–Trinajstić information content (AvgIpc) is 2.67. The third-order valence-electron chi connectivity index (χ3n) is 3.86. The molecule has 0 saturated heterocycles. The van der Waals surface area contributed by atoms with Crippen molar-refractivity contribution < 1.29 is 26.4 Å². The van der Waals surface area contributed by atoms with Crippen LogP contribution in [0.25, 0.3) is 0 Å². The van der Waals surface area contributed by atoms with Gasteiger partial charge in [0, 0.05) is 12.2 Å². The van der Waals surface area contributed by atoms with Gasteiger partial charge in [0.1, 0.15) is 5.75 Å². The maximum absolute atomic E-state index is 12.2. The van der Waals surface area contributed by atoms with Gasteiger partial charge in [0.25, 0.3) is 5.91 Å². The third kappa shape index (κ3) is 6.96. The second-order valence-corrected chi connectivity index (χ2v) is 9.99. The summed E-state index contributed by atoms with van der Waals surface area (Å²) in [6.45, 7) is 1.89. The van der Waals surface area contributed by atoms with Gasteiger partial charge in [-0.05, 0) is 48.9 Å². The van der Waals surface area contributed by atoms with E-state index in [1.165, 1.54) is 42.5 Å². The highest BCUT2D eigenvalue weighted by Crippen LogP contribution is 2.27. The Morgan fingerprint density at radius 3 is 2.27 bits per heavy atom. The van der Waals surface area contributed by atoms with E-state index in [-0.39, 0.29) is 20.6 Å². The Hall–Kier alpha value is -2.18. The van der Waals surface area contributed by atoms with Crippen molar-refractivity contribution in [3.8, 4) is 5.75 Å². The van der Waals surface area contributed by atoms with Gasteiger partial charge in [-0.3, -0.25) is 4.79 Å². The van der Waals surface area contributed by atoms with Crippen LogP contribution in [0.15, 0.2) is 52.3 Å². The molecule has 0 atom stereocenters. The number of sulfonamides is 2. The first-order valence-corrected chi connectivity index (χ1v) is 12.3. The van der Waals surface area contributed by atoms with Gasteiger partial charge in [0.15, 0.2) is 6.61 Å². The van der Waals surface area contributed by atoms with E-state index in [0.717, 1.165) is 6.42 Å². The van der Waals surface area contributed by atoms with E-state index in [4.69, 9.17) is 21.5 Å². The molecule has 0 heterocycles. The highest BCUT2D eigenvalue weighted by atomic mass is 35.5. The second-order valence-electron chi connectivity index (χ2n) is 6.25. The van der Waals surface area contributed by atoms with Crippen LogP contribution in [0, 0.1) is 0 Å². The first kappa shape index (κ1) is 24.1. The van der Waals surface area contributed by atoms with E-state index in [2.05, 4.69) is 10.0 Å². The van der Waals surface area contributed by atoms with E-state index >= 15 is 0 Å². The fourth-order valence-corrected chi connectivity index (χ4v) is 4.22. The predicted molar refractivity (Wildman–Crippen MR) is 113 cm³/mol. The number of amides is 1. The lowest BCUT2D eigenvalue weighted by molar-refractivity contribution is -0.118. The number of carbonyl (C=O) groups is 1. The van der Waals surface area contributed by atoms with Crippen molar-refractivity contribution in [2.24, 2.45) is 5.14 Å². The molecule has 0 bridgehead atoms. The summed E-state index contributed by atoms with van der Waals surface area (Å²) in [5.74, 6) is -0.378. The number of hydrogen-bond acceptors (Lipinski definition) is 6. The number of anilines is 1. The molecule has 0 aliphatic carbocycles. The molecule has 0 fully saturated rings. The van der Waals surface area contributed by atoms with Crippen molar-refractivity contribution >= 4 is 43.2 Å². The summed E-state index contributed by atoms with van der Waals surface area (Å²) < 4.78 is 54.7. The molecule has 9 nitrogen and oxygen atoms in total. The Bertz CT molecular complexity index is 1100. The molecule has 164 valence electrons. The van der Waals surface area contributed by atoms with Crippen LogP contribution in [-0.2, 0) is 24.8 Å². The minimum Gasteiger partial charge on any atom is -0.482 e. The second kappa shape index (κ2) is 10.2. The van der Waals surface area contributed by atoms with Gasteiger partial charge in [-0.15, -0.1) is 0 Å². The summed E-state index contributed by atoms with van der Waals surface area (Å²) in [6.07, 6.45) is 1.57. The minimum atomic E-state index is -3.82. The zero-order valence-corrected chi connectivity index (χ0v) is 18.5. The van der Waals surface area contributed by atoms with Crippen molar-refractivity contribution in [1.82, 2.24) is 4.72 Å². The number of benzene rings is 2. The molecular formula is C18H22ClN3O6S2. The summed E-state index contributed by atoms with van der Waals surface area (Å²) >= 11 is 6.08. The van der Waals surface area contributed by atoms with Gasteiger partial charge in [-0.2, -0.15) is 0 Å². The monoisotopic (exact) mass is 475 g/mol. The van der Waals surface area contributed by atoms with E-state index in [9.17, 15) is 21.6 Å². The molecule has 2 aromatic rings. The Morgan fingerprint density at radius 1 is 1.07 bits per heavy atom. The quantitative estimate of drug-likeness (QED) is 0.448. The van der Waals surface area contributed by atoms with Crippen LogP contribution in [0.2, 0.25) is 5.02 Å². The summed E-state index contributed by atoms with van der Waals surface area (Å²) in [5.41, 5.74) is 0.349. The fourth-order valence-electron chi connectivity index (χ4n) is 2.30. The van der Waals surface area contributed by atoms with E-state index in [1.807, 2.05) is 6.92 Å². The molecule has 4 N–H and O–H groups in total. The normalized spacial score (nSPS) is 11.8. The summed E-state index contributed by atoms with van der Waals surface area (Å²) in [7, 11) is -7.50. The first-order chi connectivity index (χ1) is 14.0. The standard InChI is InChI=1S/C18H22ClN3O6S2/c1-2-3-10-21-30(26,27)15-8-9-17(16(19)11-15)28-12-18(23)22-13-4-6-14(7-5-13)29(20,24)25/h4-9,11,21H,2-3,10,12H2,1H3,(H,22,23)(H2,20,24,25). The molecule has 0 saturated carbocycles. The van der Waals surface area contributed by atoms with Crippen LogP contribution in [0.1, 0.15) is 19.8 Å². The molecule has 12 heteroatoms. The van der Waals surface area contributed by atoms with Gasteiger partial charge in [-0.1, -0.05) is 24.9 Å². The molecule has 0 radical (unpaired) electrons. The van der Waals surface area contributed by atoms with Gasteiger partial charge in [0.2, 0.25) is 20.0 Å². The Morgan fingerprint density at radius 2 is 1.70 bits per heavy atom. The molecule has 2 aromatic carbocycles. The van der Waals surface area contributed by atoms with Crippen LogP contribution < -0.4 is 19.9 Å². The topological polar surface area (TPSA) is 145 Å². The van der Waals surface area contributed by atoms with Crippen LogP contribution in [0.3, 0.4) is 0 Å². The molecular weight excluding hydrogens is 454 g/mol. The number of nitrogens with one attached hydrogen (secondary N) is 2. The first-order valence-electron chi connectivity index (χ1n) is 8.87. The summed E-state index contributed by atoms with van der Waals surface area (Å²) in [5, 5.41) is 7.58. The third-order valence-corrected chi connectivity index (χ3v) is 6.54. The van der Waals surface area contributed by atoms with Crippen molar-refractivity contribution in [3.63, 3.8) is 0 Å². The van der Waals surface area contributed by atoms with E-state index in [1.54, 1.807) is 0 Å². The lowest BCUT2D eigenvalue weighted by atomic mass is 10.3. The van der Waals surface area contributed by atoms with Gasteiger partial charge in [-0.25, -0.2) is 26.7 Å². The Labute approximate surface area is 180 Å². The van der Waals surface area contributed by atoms with Crippen LogP contribution >= 0.6 is 11.6 Å². The minimum absolute atomic E-state index is 0.00431. The van der Waals surface area contributed by atoms with E-state index < -0.39 is 32.6 Å². The lowest BCUT2D eigenvalue weighted by Crippen LogP contribution is -2.24. The molecule has 0 aromatic heterocycles. The highest BCUT2D eigenvalue weighted by Gasteiger charge is 2.16. The SMILES string of the molecule is CCCCNS(=O)(=O)c1ccc(OCC(=O)Nc2ccc(S(N)(=O)=O)cc2)c(Cl)c1.